The predicted octanol–water partition coefficient (Wildman–Crippen LogP) is 3.67. The number of alkyl halides is 3. The van der Waals surface area contributed by atoms with Gasteiger partial charge >= 0.3 is 12.1 Å². The fraction of sp³-hybridized carbons (Fsp3) is 0.346. The van der Waals surface area contributed by atoms with Crippen molar-refractivity contribution in [2.45, 2.75) is 37.2 Å². The van der Waals surface area contributed by atoms with Crippen LogP contribution < -0.4 is 10.5 Å². The zero-order valence-electron chi connectivity index (χ0n) is 21.9. The summed E-state index contributed by atoms with van der Waals surface area (Å²) in [4.78, 5) is 39.9. The van der Waals surface area contributed by atoms with Crippen LogP contribution in [0.25, 0.3) is 22.4 Å². The molecule has 3 N–H and O–H groups in total. The van der Waals surface area contributed by atoms with Gasteiger partial charge in [0.2, 0.25) is 5.89 Å². The molecule has 3 aromatic heterocycles. The average molecular weight is 592 g/mol. The number of fused-ring (bicyclic) bond motifs is 1. The molecule has 5 rings (SSSR count). The number of rotatable bonds is 6. The van der Waals surface area contributed by atoms with Gasteiger partial charge in [-0.15, -0.1) is 11.3 Å². The maximum absolute atomic E-state index is 13.9. The smallest absolute Gasteiger partial charge is 0.433 e. The molecule has 1 amide bonds. The highest BCUT2D eigenvalue weighted by atomic mass is 32.1. The molecule has 1 aromatic carbocycles. The normalized spacial score (nSPS) is 19.9. The van der Waals surface area contributed by atoms with Crippen molar-refractivity contribution in [3.05, 3.63) is 58.0 Å². The number of thiazole rings is 1. The summed E-state index contributed by atoms with van der Waals surface area (Å²) in [5.74, 6) is -1.55. The van der Waals surface area contributed by atoms with Gasteiger partial charge in [0.1, 0.15) is 33.6 Å². The highest BCUT2D eigenvalue weighted by molar-refractivity contribution is 7.09. The number of nitrogens with two attached hydrogens (primary N) is 1. The van der Waals surface area contributed by atoms with E-state index >= 15 is 0 Å². The highest BCUT2D eigenvalue weighted by Gasteiger charge is 2.51. The molecule has 4 aromatic rings. The Labute approximate surface area is 234 Å². The minimum absolute atomic E-state index is 0.0258. The van der Waals surface area contributed by atoms with Gasteiger partial charge in [0.05, 0.1) is 26.8 Å². The zero-order chi connectivity index (χ0) is 29.7. The van der Waals surface area contributed by atoms with Crippen LogP contribution in [0.5, 0.6) is 5.75 Å². The van der Waals surface area contributed by atoms with E-state index in [1.165, 1.54) is 50.0 Å². The van der Waals surface area contributed by atoms with E-state index in [9.17, 15) is 27.9 Å². The molecular formula is C26H24F3N5O6S. The van der Waals surface area contributed by atoms with E-state index < -0.39 is 41.4 Å². The lowest BCUT2D eigenvalue weighted by Gasteiger charge is -2.22. The molecule has 1 aliphatic heterocycles. The molecule has 15 heteroatoms. The molecule has 1 fully saturated rings. The standard InChI is InChI=1S/C26H24F3N5O6S/c1-12(30)20-19(22(35)34-11-25(37,24-31-8-9-41-24)10-15(34)23(36)39-3)33-21(40-20)14-4-6-16(38-2)18-13(14)5-7-17(32-18)26(27,28)29/h4-9,12,15,37H,10-11,30H2,1-3H3/t12-,15-,25-/m0/s1. The van der Waals surface area contributed by atoms with Crippen LogP contribution in [0.15, 0.2) is 40.3 Å². The number of hydrogen-bond donors (Lipinski definition) is 2. The molecule has 216 valence electrons. The molecule has 0 aliphatic carbocycles. The Bertz CT molecular complexity index is 1620. The Kier molecular flexibility index (Phi) is 7.21. The number of ether oxygens (including phenoxy) is 2. The Morgan fingerprint density at radius 2 is 2.00 bits per heavy atom. The summed E-state index contributed by atoms with van der Waals surface area (Å²) in [6.07, 6.45) is -3.35. The topological polar surface area (TPSA) is 154 Å². The van der Waals surface area contributed by atoms with Gasteiger partial charge in [-0.05, 0) is 31.2 Å². The lowest BCUT2D eigenvalue weighted by Crippen LogP contribution is -2.42. The first-order valence-corrected chi connectivity index (χ1v) is 13.1. The van der Waals surface area contributed by atoms with Gasteiger partial charge in [0.25, 0.3) is 5.91 Å². The second-order valence-corrected chi connectivity index (χ2v) is 10.4. The van der Waals surface area contributed by atoms with Crippen molar-refractivity contribution < 1.29 is 41.8 Å². The zero-order valence-corrected chi connectivity index (χ0v) is 22.7. The summed E-state index contributed by atoms with van der Waals surface area (Å²) >= 11 is 1.17. The number of β-amino-alcohol motifs (C(OH)–C–C–N with tert-alkyl or cyclic N) is 1. The number of benzene rings is 1. The molecule has 1 saturated heterocycles. The molecule has 0 spiro atoms. The van der Waals surface area contributed by atoms with Crippen LogP contribution in [0.1, 0.15) is 46.3 Å². The van der Waals surface area contributed by atoms with Gasteiger partial charge in [0, 0.05) is 28.9 Å². The summed E-state index contributed by atoms with van der Waals surface area (Å²) < 4.78 is 56.1. The Hall–Kier alpha value is -4.08. The third-order valence-electron chi connectivity index (χ3n) is 6.73. The number of pyridine rings is 1. The summed E-state index contributed by atoms with van der Waals surface area (Å²) in [5, 5.41) is 13.5. The van der Waals surface area contributed by atoms with E-state index in [1.807, 2.05) is 0 Å². The van der Waals surface area contributed by atoms with Crippen LogP contribution in [0, 0.1) is 0 Å². The van der Waals surface area contributed by atoms with Crippen molar-refractivity contribution >= 4 is 34.1 Å². The quantitative estimate of drug-likeness (QED) is 0.318. The monoisotopic (exact) mass is 591 g/mol. The molecule has 1 aliphatic rings. The first kappa shape index (κ1) is 28.4. The number of aliphatic hydroxyl groups is 1. The third-order valence-corrected chi connectivity index (χ3v) is 7.70. The number of halogens is 3. The number of carbonyl (C=O) groups is 2. The fourth-order valence-corrected chi connectivity index (χ4v) is 5.54. The number of oxazole rings is 1. The highest BCUT2D eigenvalue weighted by Crippen LogP contribution is 2.40. The van der Waals surface area contributed by atoms with Gasteiger partial charge in [-0.25, -0.2) is 19.7 Å². The molecular weight excluding hydrogens is 567 g/mol. The molecule has 4 heterocycles. The SMILES string of the molecule is COC(=O)[C@@H]1C[C@@](O)(c2nccs2)CN1C(=O)c1nc(-c2ccc(OC)c3nc(C(F)(F)F)ccc23)oc1[C@H](C)N. The van der Waals surface area contributed by atoms with E-state index in [2.05, 4.69) is 15.0 Å². The Morgan fingerprint density at radius 3 is 2.61 bits per heavy atom. The van der Waals surface area contributed by atoms with Gasteiger partial charge < -0.3 is 29.6 Å². The molecule has 0 saturated carbocycles. The van der Waals surface area contributed by atoms with Crippen molar-refractivity contribution in [2.75, 3.05) is 20.8 Å². The summed E-state index contributed by atoms with van der Waals surface area (Å²) in [5.41, 5.74) is 3.29. The van der Waals surface area contributed by atoms with Crippen LogP contribution in [-0.2, 0) is 21.3 Å². The number of esters is 1. The molecule has 0 unspecified atom stereocenters. The van der Waals surface area contributed by atoms with Gasteiger partial charge in [-0.1, -0.05) is 0 Å². The van der Waals surface area contributed by atoms with Gasteiger partial charge in [0.15, 0.2) is 11.5 Å². The van der Waals surface area contributed by atoms with Crippen molar-refractivity contribution in [1.29, 1.82) is 0 Å². The van der Waals surface area contributed by atoms with Crippen molar-refractivity contribution in [3.8, 4) is 17.2 Å². The molecule has 0 radical (unpaired) electrons. The largest absolute Gasteiger partial charge is 0.494 e. The number of amides is 1. The van der Waals surface area contributed by atoms with E-state index in [-0.39, 0.29) is 52.5 Å². The third kappa shape index (κ3) is 5.00. The lowest BCUT2D eigenvalue weighted by atomic mass is 10.0. The number of nitrogens with zero attached hydrogens (tertiary/aromatic N) is 4. The first-order chi connectivity index (χ1) is 19.4. The van der Waals surface area contributed by atoms with E-state index in [1.54, 1.807) is 12.3 Å². The average Bonchev–Trinajstić information content (AvgIpc) is 3.70. The molecule has 3 atom stereocenters. The summed E-state index contributed by atoms with van der Waals surface area (Å²) in [6.45, 7) is 1.27. The Balaban J connectivity index is 1.60. The Morgan fingerprint density at radius 1 is 1.24 bits per heavy atom. The van der Waals surface area contributed by atoms with Crippen LogP contribution >= 0.6 is 11.3 Å². The van der Waals surface area contributed by atoms with Crippen molar-refractivity contribution in [2.24, 2.45) is 5.73 Å². The first-order valence-electron chi connectivity index (χ1n) is 12.2. The van der Waals surface area contributed by atoms with Crippen molar-refractivity contribution in [1.82, 2.24) is 19.9 Å². The molecule has 11 nitrogen and oxygen atoms in total. The number of likely N-dealkylation sites (tertiary alicyclic amines) is 1. The minimum atomic E-state index is -4.69. The van der Waals surface area contributed by atoms with E-state index in [0.717, 1.165) is 11.0 Å². The number of methoxy groups -OCH3 is 2. The fourth-order valence-electron chi connectivity index (χ4n) is 4.80. The predicted molar refractivity (Wildman–Crippen MR) is 139 cm³/mol. The minimum Gasteiger partial charge on any atom is -0.494 e. The number of carbonyl (C=O) groups excluding carboxylic acids is 2. The maximum Gasteiger partial charge on any atom is 0.433 e. The second kappa shape index (κ2) is 10.4. The molecule has 41 heavy (non-hydrogen) atoms. The van der Waals surface area contributed by atoms with Crippen LogP contribution in [0.3, 0.4) is 0 Å². The van der Waals surface area contributed by atoms with Crippen molar-refractivity contribution in [3.63, 3.8) is 0 Å². The van der Waals surface area contributed by atoms with E-state index in [4.69, 9.17) is 19.6 Å². The van der Waals surface area contributed by atoms with Crippen LogP contribution in [0.2, 0.25) is 0 Å². The second-order valence-electron chi connectivity index (χ2n) is 9.47. The maximum atomic E-state index is 13.9. The van der Waals surface area contributed by atoms with Crippen LogP contribution in [-0.4, -0.2) is 63.6 Å². The summed E-state index contributed by atoms with van der Waals surface area (Å²) in [6, 6.07) is 2.94. The molecule has 0 bridgehead atoms. The number of aromatic nitrogens is 3. The summed E-state index contributed by atoms with van der Waals surface area (Å²) in [7, 11) is 2.47. The van der Waals surface area contributed by atoms with Gasteiger partial charge in [-0.2, -0.15) is 13.2 Å². The van der Waals surface area contributed by atoms with Gasteiger partial charge in [-0.3, -0.25) is 4.79 Å². The lowest BCUT2D eigenvalue weighted by molar-refractivity contribution is -0.145. The number of hydrogen-bond acceptors (Lipinski definition) is 11. The van der Waals surface area contributed by atoms with E-state index in [0.29, 0.717) is 5.01 Å². The van der Waals surface area contributed by atoms with Crippen LogP contribution in [0.4, 0.5) is 13.2 Å².